The van der Waals surface area contributed by atoms with Crippen LogP contribution in [-0.4, -0.2) is 79.3 Å². The molecule has 0 unspecified atom stereocenters. The van der Waals surface area contributed by atoms with E-state index in [1.54, 1.807) is 20.4 Å². The summed E-state index contributed by atoms with van der Waals surface area (Å²) in [5.41, 5.74) is 1.89. The number of nitrogens with zero attached hydrogens (tertiary/aromatic N) is 3. The van der Waals surface area contributed by atoms with Crippen LogP contribution in [0.25, 0.3) is 17.5 Å². The van der Waals surface area contributed by atoms with E-state index in [1.165, 1.54) is 0 Å². The Morgan fingerprint density at radius 3 is 2.63 bits per heavy atom. The van der Waals surface area contributed by atoms with E-state index >= 15 is 0 Å². The quantitative estimate of drug-likeness (QED) is 0.476. The largest absolute Gasteiger partial charge is 0.497 e. The molecule has 10 nitrogen and oxygen atoms in total. The van der Waals surface area contributed by atoms with Gasteiger partial charge in [-0.2, -0.15) is 0 Å². The highest BCUT2D eigenvalue weighted by Crippen LogP contribution is 2.32. The van der Waals surface area contributed by atoms with Gasteiger partial charge < -0.3 is 29.4 Å². The monoisotopic (exact) mass is 561 g/mol. The Morgan fingerprint density at radius 1 is 1.10 bits per heavy atom. The first kappa shape index (κ1) is 29.7. The second-order valence-electron chi connectivity index (χ2n) is 10.1. The van der Waals surface area contributed by atoms with Crippen LogP contribution < -0.4 is 24.8 Å². The number of aromatic nitrogens is 2. The highest BCUT2D eigenvalue weighted by atomic mass is 16.5. The number of carbonyl (C=O) groups excluding carboxylic acids is 2. The number of hydrogen-bond donors (Lipinski definition) is 2. The van der Waals surface area contributed by atoms with Gasteiger partial charge in [-0.1, -0.05) is 38.1 Å². The van der Waals surface area contributed by atoms with Gasteiger partial charge in [0.15, 0.2) is 11.5 Å². The fourth-order valence-electron chi connectivity index (χ4n) is 4.62. The lowest BCUT2D eigenvalue weighted by Crippen LogP contribution is -2.52. The Labute approximate surface area is 241 Å². The molecule has 218 valence electrons. The van der Waals surface area contributed by atoms with E-state index in [-0.39, 0.29) is 24.3 Å². The van der Waals surface area contributed by atoms with Gasteiger partial charge in [0, 0.05) is 44.1 Å². The minimum absolute atomic E-state index is 0.0782. The molecule has 0 saturated carbocycles. The topological polar surface area (TPSA) is 107 Å². The van der Waals surface area contributed by atoms with E-state index in [2.05, 4.69) is 15.6 Å². The first-order chi connectivity index (χ1) is 19.9. The zero-order valence-electron chi connectivity index (χ0n) is 24.1. The number of nitrogens with one attached hydrogen (secondary N) is 2. The maximum Gasteiger partial charge on any atom is 0.242 e. The zero-order chi connectivity index (χ0) is 29.2. The van der Waals surface area contributed by atoms with Crippen LogP contribution in [0.5, 0.6) is 17.2 Å². The summed E-state index contributed by atoms with van der Waals surface area (Å²) in [6, 6.07) is 12.8. The van der Waals surface area contributed by atoms with Crippen molar-refractivity contribution in [3.8, 4) is 28.6 Å². The molecule has 3 aromatic rings. The summed E-state index contributed by atoms with van der Waals surface area (Å²) in [5.74, 6) is 2.24. The van der Waals surface area contributed by atoms with Crippen LogP contribution in [0.4, 0.5) is 0 Å². The van der Waals surface area contributed by atoms with Crippen LogP contribution in [-0.2, 0) is 16.1 Å². The average Bonchev–Trinajstić information content (AvgIpc) is 3.44. The zero-order valence-corrected chi connectivity index (χ0v) is 24.1. The number of benzene rings is 2. The lowest BCUT2D eigenvalue weighted by molar-refractivity contribution is -0.130. The Hall–Kier alpha value is -4.31. The molecule has 41 heavy (non-hydrogen) atoms. The van der Waals surface area contributed by atoms with Gasteiger partial charge in [0.2, 0.25) is 11.8 Å². The first-order valence-electron chi connectivity index (χ1n) is 13.8. The van der Waals surface area contributed by atoms with E-state index in [1.807, 2.05) is 84.1 Å². The van der Waals surface area contributed by atoms with Crippen LogP contribution in [0.15, 0.2) is 60.9 Å². The first-order valence-corrected chi connectivity index (χ1v) is 13.8. The summed E-state index contributed by atoms with van der Waals surface area (Å²) in [6.45, 7) is 6.18. The summed E-state index contributed by atoms with van der Waals surface area (Å²) in [4.78, 5) is 32.7. The molecule has 1 aliphatic rings. The van der Waals surface area contributed by atoms with Crippen LogP contribution in [0.1, 0.15) is 19.4 Å². The van der Waals surface area contributed by atoms with Crippen molar-refractivity contribution in [2.45, 2.75) is 26.4 Å². The van der Waals surface area contributed by atoms with Crippen molar-refractivity contribution in [1.29, 1.82) is 0 Å². The van der Waals surface area contributed by atoms with Crippen molar-refractivity contribution in [3.05, 3.63) is 66.5 Å². The average molecular weight is 562 g/mol. The van der Waals surface area contributed by atoms with Crippen molar-refractivity contribution < 1.29 is 23.8 Å². The van der Waals surface area contributed by atoms with Gasteiger partial charge in [-0.25, -0.2) is 4.98 Å². The lowest BCUT2D eigenvalue weighted by Gasteiger charge is -2.25. The molecule has 1 aliphatic heterocycles. The molecular weight excluding hydrogens is 522 g/mol. The summed E-state index contributed by atoms with van der Waals surface area (Å²) in [5, 5.41) is 5.91. The van der Waals surface area contributed by atoms with Crippen LogP contribution in [0.2, 0.25) is 0 Å². The molecule has 2 heterocycles. The molecular formula is C31H39N5O5. The van der Waals surface area contributed by atoms with Gasteiger partial charge in [-0.3, -0.25) is 14.5 Å². The molecule has 0 aliphatic carbocycles. The standard InChI is InChI=1S/C31H39N5O5/c1-22(2)29-31(38)33-14-17-36-16-13-32-30(36)24-9-12-26(40-4)27(20-24)41-19-18-35(21-28(37)34-29)15-5-6-23-7-10-25(39-3)11-8-23/h5-13,16,20,22,29H,14-15,17-19,21H2,1-4H3,(H,33,38)(H,34,37)/t29-/m1/s1. The number of fused-ring (bicyclic) bond motifs is 4. The van der Waals surface area contributed by atoms with Crippen molar-refractivity contribution in [2.75, 3.05) is 47.0 Å². The minimum Gasteiger partial charge on any atom is -0.497 e. The smallest absolute Gasteiger partial charge is 0.242 e. The maximum absolute atomic E-state index is 13.1. The number of ether oxygens (including phenoxy) is 3. The number of amides is 2. The number of carbonyl (C=O) groups is 2. The molecule has 0 radical (unpaired) electrons. The van der Waals surface area contributed by atoms with E-state index in [0.717, 1.165) is 22.7 Å². The molecule has 1 aromatic heterocycles. The summed E-state index contributed by atoms with van der Waals surface area (Å²) >= 11 is 0. The predicted octanol–water partition coefficient (Wildman–Crippen LogP) is 3.23. The summed E-state index contributed by atoms with van der Waals surface area (Å²) in [6.07, 6.45) is 7.61. The third kappa shape index (κ3) is 8.11. The third-order valence-corrected chi connectivity index (χ3v) is 6.88. The molecule has 0 fully saturated rings. The van der Waals surface area contributed by atoms with Crippen LogP contribution in [0.3, 0.4) is 0 Å². The molecule has 2 bridgehead atoms. The maximum atomic E-state index is 13.1. The van der Waals surface area contributed by atoms with E-state index < -0.39 is 6.04 Å². The number of rotatable bonds is 6. The molecule has 2 amide bonds. The van der Waals surface area contributed by atoms with Crippen LogP contribution in [0, 0.1) is 5.92 Å². The fourth-order valence-corrected chi connectivity index (χ4v) is 4.62. The van der Waals surface area contributed by atoms with E-state index in [0.29, 0.717) is 44.3 Å². The van der Waals surface area contributed by atoms with Crippen molar-refractivity contribution in [1.82, 2.24) is 25.1 Å². The van der Waals surface area contributed by atoms with E-state index in [9.17, 15) is 9.59 Å². The van der Waals surface area contributed by atoms with Gasteiger partial charge in [-0.05, 0) is 41.8 Å². The Bertz CT molecular complexity index is 1330. The second kappa shape index (κ2) is 14.4. The normalized spacial score (nSPS) is 17.3. The molecule has 2 N–H and O–H groups in total. The molecule has 0 spiro atoms. The van der Waals surface area contributed by atoms with Crippen molar-refractivity contribution in [3.63, 3.8) is 0 Å². The van der Waals surface area contributed by atoms with E-state index in [4.69, 9.17) is 14.2 Å². The number of hydrogen-bond acceptors (Lipinski definition) is 7. The van der Waals surface area contributed by atoms with Gasteiger partial charge in [-0.15, -0.1) is 0 Å². The Kier molecular flexibility index (Phi) is 10.4. The number of methoxy groups -OCH3 is 2. The van der Waals surface area contributed by atoms with Crippen molar-refractivity contribution in [2.24, 2.45) is 5.92 Å². The highest BCUT2D eigenvalue weighted by Gasteiger charge is 2.25. The fraction of sp³-hybridized carbons (Fsp3) is 0.387. The van der Waals surface area contributed by atoms with Gasteiger partial charge in [0.05, 0.1) is 20.8 Å². The van der Waals surface area contributed by atoms with Gasteiger partial charge >= 0.3 is 0 Å². The second-order valence-corrected chi connectivity index (χ2v) is 10.1. The molecule has 0 saturated heterocycles. The Balaban J connectivity index is 1.57. The lowest BCUT2D eigenvalue weighted by atomic mass is 10.0. The minimum atomic E-state index is -0.646. The molecule has 1 atom stereocenters. The summed E-state index contributed by atoms with van der Waals surface area (Å²) < 4.78 is 18.9. The molecule has 4 rings (SSSR count). The Morgan fingerprint density at radius 2 is 1.90 bits per heavy atom. The SMILES string of the molecule is COc1ccc(C=CCN2CCOc3cc(ccc3OC)-c3nccn3CCNC(=O)[C@@H](C(C)C)NC(=O)C2)cc1. The summed E-state index contributed by atoms with van der Waals surface area (Å²) in [7, 11) is 3.24. The van der Waals surface area contributed by atoms with Gasteiger partial charge in [0.1, 0.15) is 24.2 Å². The highest BCUT2D eigenvalue weighted by molar-refractivity contribution is 5.88. The molecule has 10 heteroatoms. The number of imidazole rings is 1. The van der Waals surface area contributed by atoms with Gasteiger partial charge in [0.25, 0.3) is 0 Å². The molecule has 2 aromatic carbocycles. The predicted molar refractivity (Wildman–Crippen MR) is 158 cm³/mol. The third-order valence-electron chi connectivity index (χ3n) is 6.88. The van der Waals surface area contributed by atoms with Crippen LogP contribution >= 0.6 is 0 Å². The van der Waals surface area contributed by atoms with Crippen molar-refractivity contribution >= 4 is 17.9 Å².